The number of ketones is 1. The van der Waals surface area contributed by atoms with Gasteiger partial charge in [-0.25, -0.2) is 14.4 Å². The van der Waals surface area contributed by atoms with E-state index in [2.05, 4.69) is 29.4 Å². The summed E-state index contributed by atoms with van der Waals surface area (Å²) in [5.74, 6) is 0.740. The van der Waals surface area contributed by atoms with Crippen LogP contribution in [0.4, 0.5) is 16.0 Å². The smallest absolute Gasteiger partial charge is 0.172 e. The minimum Gasteiger partial charge on any atom is -0.365 e. The minimum atomic E-state index is -0.511. The van der Waals surface area contributed by atoms with Crippen LogP contribution in [0.2, 0.25) is 5.02 Å². The van der Waals surface area contributed by atoms with Crippen molar-refractivity contribution in [3.8, 4) is 0 Å². The zero-order valence-electron chi connectivity index (χ0n) is 17.3. The normalized spacial score (nSPS) is 17.2. The maximum atomic E-state index is 14.1. The van der Waals surface area contributed by atoms with Crippen LogP contribution in [0.15, 0.2) is 18.2 Å². The van der Waals surface area contributed by atoms with Crippen molar-refractivity contribution in [2.75, 3.05) is 29.9 Å². The molecule has 6 nitrogen and oxygen atoms in total. The van der Waals surface area contributed by atoms with Gasteiger partial charge < -0.3 is 15.5 Å². The van der Waals surface area contributed by atoms with E-state index in [1.54, 1.807) is 0 Å². The fourth-order valence-electron chi connectivity index (χ4n) is 4.10. The lowest BCUT2D eigenvalue weighted by molar-refractivity contribution is 0.0896. The molecule has 0 bridgehead atoms. The van der Waals surface area contributed by atoms with Crippen LogP contribution in [0, 0.1) is 11.7 Å². The summed E-state index contributed by atoms with van der Waals surface area (Å²) in [7, 11) is 0. The Morgan fingerprint density at radius 2 is 2.03 bits per heavy atom. The molecule has 1 aromatic carbocycles. The highest BCUT2D eigenvalue weighted by Gasteiger charge is 2.30. The molecule has 0 spiro atoms. The molecule has 3 heterocycles. The molecule has 2 aliphatic heterocycles. The lowest BCUT2D eigenvalue weighted by Crippen LogP contribution is -2.38. The van der Waals surface area contributed by atoms with Crippen molar-refractivity contribution in [1.82, 2.24) is 15.3 Å². The molecule has 1 aromatic heterocycles. The number of benzene rings is 1. The van der Waals surface area contributed by atoms with Crippen LogP contribution < -0.4 is 15.5 Å². The van der Waals surface area contributed by atoms with Gasteiger partial charge in [0.15, 0.2) is 17.4 Å². The van der Waals surface area contributed by atoms with Crippen LogP contribution in [0.3, 0.4) is 0 Å². The van der Waals surface area contributed by atoms with Crippen molar-refractivity contribution >= 4 is 29.0 Å². The van der Waals surface area contributed by atoms with Gasteiger partial charge in [0.05, 0.1) is 17.0 Å². The molecule has 0 radical (unpaired) electrons. The Morgan fingerprint density at radius 1 is 1.27 bits per heavy atom. The largest absolute Gasteiger partial charge is 0.365 e. The number of rotatable bonds is 5. The number of aromatic nitrogens is 2. The molecule has 4 rings (SSSR count). The molecular weight excluding hydrogens is 405 g/mol. The Morgan fingerprint density at radius 3 is 2.77 bits per heavy atom. The Hall–Kier alpha value is -2.25. The molecule has 160 valence electrons. The summed E-state index contributed by atoms with van der Waals surface area (Å²) in [5, 5.41) is 7.15. The maximum Gasteiger partial charge on any atom is 0.172 e. The number of Topliss-reactive ketones (excluding diaryl/α,β-unsaturated/α-hetero) is 1. The number of carbonyl (C=O) groups excluding carboxylic acids is 1. The quantitative estimate of drug-likeness (QED) is 0.701. The summed E-state index contributed by atoms with van der Waals surface area (Å²) >= 11 is 5.97. The van der Waals surface area contributed by atoms with E-state index in [0.29, 0.717) is 31.0 Å². The second kappa shape index (κ2) is 8.86. The summed E-state index contributed by atoms with van der Waals surface area (Å²) in [6.45, 7) is 7.14. The number of piperidine rings is 1. The summed E-state index contributed by atoms with van der Waals surface area (Å²) in [6.07, 6.45) is 2.16. The highest BCUT2D eigenvalue weighted by molar-refractivity contribution is 6.31. The van der Waals surface area contributed by atoms with E-state index < -0.39 is 5.82 Å². The standard InChI is InChI=1S/C22H27ClFN5O/c1-13(2)26-21-22(28-19-12-25-8-5-18(19)27-21)29-9-6-14(7-10-29)20(30)16-11-15(23)3-4-17(16)24/h3-4,11,13-14,25H,5-10,12H2,1-2H3,(H,26,27). The first-order valence-electron chi connectivity index (χ1n) is 10.5. The van der Waals surface area contributed by atoms with Gasteiger partial charge >= 0.3 is 0 Å². The monoisotopic (exact) mass is 431 g/mol. The molecule has 0 saturated carbocycles. The molecule has 2 N–H and O–H groups in total. The number of hydrogen-bond acceptors (Lipinski definition) is 6. The summed E-state index contributed by atoms with van der Waals surface area (Å²) in [4.78, 5) is 24.8. The molecule has 2 aromatic rings. The van der Waals surface area contributed by atoms with E-state index in [1.807, 2.05) is 0 Å². The first-order chi connectivity index (χ1) is 14.4. The maximum absolute atomic E-state index is 14.1. The lowest BCUT2D eigenvalue weighted by atomic mass is 9.88. The molecular formula is C22H27ClFN5O. The average molecular weight is 432 g/mol. The van der Waals surface area contributed by atoms with Gasteiger partial charge in [-0.05, 0) is 44.9 Å². The summed E-state index contributed by atoms with van der Waals surface area (Å²) in [6, 6.07) is 4.38. The SMILES string of the molecule is CC(C)Nc1nc2c(nc1N1CCC(C(=O)c3cc(Cl)ccc3F)CC1)CNCC2. The van der Waals surface area contributed by atoms with Crippen LogP contribution in [0.25, 0.3) is 0 Å². The number of anilines is 2. The van der Waals surface area contributed by atoms with Crippen molar-refractivity contribution in [1.29, 1.82) is 0 Å². The summed E-state index contributed by atoms with van der Waals surface area (Å²) in [5.41, 5.74) is 2.12. The van der Waals surface area contributed by atoms with Crippen molar-refractivity contribution in [3.63, 3.8) is 0 Å². The van der Waals surface area contributed by atoms with Crippen LogP contribution in [0.5, 0.6) is 0 Å². The van der Waals surface area contributed by atoms with E-state index >= 15 is 0 Å². The first kappa shape index (κ1) is 21.0. The zero-order chi connectivity index (χ0) is 21.3. The predicted octanol–water partition coefficient (Wildman–Crippen LogP) is 3.83. The first-order valence-corrected chi connectivity index (χ1v) is 10.9. The van der Waals surface area contributed by atoms with E-state index in [4.69, 9.17) is 21.6 Å². The third-order valence-electron chi connectivity index (χ3n) is 5.65. The second-order valence-corrected chi connectivity index (χ2v) is 8.70. The third-order valence-corrected chi connectivity index (χ3v) is 5.88. The molecule has 8 heteroatoms. The number of fused-ring (bicyclic) bond motifs is 1. The van der Waals surface area contributed by atoms with Crippen LogP contribution >= 0.6 is 11.6 Å². The Bertz CT molecular complexity index is 943. The molecule has 1 saturated heterocycles. The molecule has 0 atom stereocenters. The number of nitrogens with zero attached hydrogens (tertiary/aromatic N) is 3. The van der Waals surface area contributed by atoms with E-state index in [1.165, 1.54) is 18.2 Å². The Balaban J connectivity index is 1.52. The highest BCUT2D eigenvalue weighted by Crippen LogP contribution is 2.31. The molecule has 1 fully saturated rings. The third kappa shape index (κ3) is 4.42. The molecule has 2 aliphatic rings. The average Bonchev–Trinajstić information content (AvgIpc) is 2.74. The Labute approximate surface area is 181 Å². The van der Waals surface area contributed by atoms with E-state index in [-0.39, 0.29) is 23.3 Å². The lowest BCUT2D eigenvalue weighted by Gasteiger charge is -2.34. The topological polar surface area (TPSA) is 70.2 Å². The fourth-order valence-corrected chi connectivity index (χ4v) is 4.27. The zero-order valence-corrected chi connectivity index (χ0v) is 18.1. The molecule has 0 aliphatic carbocycles. The van der Waals surface area contributed by atoms with Crippen molar-refractivity contribution < 1.29 is 9.18 Å². The highest BCUT2D eigenvalue weighted by atomic mass is 35.5. The number of nitrogens with one attached hydrogen (secondary N) is 2. The van der Waals surface area contributed by atoms with Gasteiger partial charge in [0.2, 0.25) is 0 Å². The van der Waals surface area contributed by atoms with Crippen molar-refractivity contribution in [2.24, 2.45) is 5.92 Å². The van der Waals surface area contributed by atoms with Crippen molar-refractivity contribution in [2.45, 2.75) is 45.7 Å². The Kier molecular flexibility index (Phi) is 6.20. The number of halogens is 2. The van der Waals surface area contributed by atoms with Gasteiger partial charge in [0.25, 0.3) is 0 Å². The van der Waals surface area contributed by atoms with E-state index in [9.17, 15) is 9.18 Å². The molecule has 30 heavy (non-hydrogen) atoms. The van der Waals surface area contributed by atoms with Gasteiger partial charge in [-0.1, -0.05) is 11.6 Å². The number of carbonyl (C=O) groups is 1. The molecule has 0 amide bonds. The van der Waals surface area contributed by atoms with Crippen molar-refractivity contribution in [3.05, 3.63) is 46.0 Å². The van der Waals surface area contributed by atoms with Crippen LogP contribution in [-0.2, 0) is 13.0 Å². The fraction of sp³-hybridized carbons (Fsp3) is 0.500. The number of hydrogen-bond donors (Lipinski definition) is 2. The molecule has 0 unspecified atom stereocenters. The minimum absolute atomic E-state index is 0.0859. The van der Waals surface area contributed by atoms with Gasteiger partial charge in [-0.15, -0.1) is 0 Å². The van der Waals surface area contributed by atoms with Gasteiger partial charge in [0.1, 0.15) is 5.82 Å². The second-order valence-electron chi connectivity index (χ2n) is 8.26. The van der Waals surface area contributed by atoms with Gasteiger partial charge in [-0.3, -0.25) is 4.79 Å². The summed E-state index contributed by atoms with van der Waals surface area (Å²) < 4.78 is 14.1. The van der Waals surface area contributed by atoms with Crippen LogP contribution in [0.1, 0.15) is 48.4 Å². The van der Waals surface area contributed by atoms with E-state index in [0.717, 1.165) is 42.5 Å². The predicted molar refractivity (Wildman–Crippen MR) is 117 cm³/mol. The van der Waals surface area contributed by atoms with Gasteiger partial charge in [0, 0.05) is 49.6 Å². The van der Waals surface area contributed by atoms with Crippen LogP contribution in [-0.4, -0.2) is 41.4 Å². The van der Waals surface area contributed by atoms with Gasteiger partial charge in [-0.2, -0.15) is 0 Å².